The Morgan fingerprint density at radius 1 is 0.966 bits per heavy atom. The van der Waals surface area contributed by atoms with Crippen molar-refractivity contribution in [3.8, 4) is 0 Å². The topological polar surface area (TPSA) is 50.5 Å². The Morgan fingerprint density at radius 2 is 1.72 bits per heavy atom. The second-order valence-corrected chi connectivity index (χ2v) is 9.14. The highest BCUT2D eigenvalue weighted by Crippen LogP contribution is 2.36. The average molecular weight is 387 g/mol. The lowest BCUT2D eigenvalue weighted by Crippen LogP contribution is -2.21. The van der Waals surface area contributed by atoms with E-state index in [1.54, 1.807) is 6.21 Å². The van der Waals surface area contributed by atoms with Crippen molar-refractivity contribution in [3.05, 3.63) is 59.3 Å². The summed E-state index contributed by atoms with van der Waals surface area (Å²) in [5.74, 6) is 0. The zero-order valence-electron chi connectivity index (χ0n) is 18.3. The van der Waals surface area contributed by atoms with Gasteiger partial charge in [-0.25, -0.2) is 0 Å². The molecule has 4 nitrogen and oxygen atoms in total. The summed E-state index contributed by atoms with van der Waals surface area (Å²) < 4.78 is 0. The van der Waals surface area contributed by atoms with Gasteiger partial charge in [-0.05, 0) is 54.8 Å². The summed E-state index contributed by atoms with van der Waals surface area (Å²) in [6, 6.07) is 14.8. The molecule has 3 rings (SSSR count). The molecule has 0 aliphatic rings. The lowest BCUT2D eigenvalue weighted by molar-refractivity contribution is 0.523. The van der Waals surface area contributed by atoms with E-state index >= 15 is 0 Å². The fourth-order valence-corrected chi connectivity index (χ4v) is 3.54. The van der Waals surface area contributed by atoms with E-state index in [-0.39, 0.29) is 10.8 Å². The van der Waals surface area contributed by atoms with Crippen LogP contribution in [0, 0.1) is 0 Å². The number of hydrogen-bond donors (Lipinski definition) is 0. The molecule has 1 heterocycles. The third-order valence-electron chi connectivity index (χ3n) is 5.30. The lowest BCUT2D eigenvalue weighted by atomic mass is 9.78. The van der Waals surface area contributed by atoms with E-state index in [0.717, 1.165) is 34.4 Å². The summed E-state index contributed by atoms with van der Waals surface area (Å²) in [5, 5.41) is 10.3. The standard InChI is InChI=1S/C25H30N4/c1-8-27-21-15-19(12-13-20(21)26-7)25(5,6)16-18-11-9-10-17-14-22(24(2,3)4)28-29-23(17)18/h8-15H,7,16H2,1-6H3. The van der Waals surface area contributed by atoms with Crippen molar-refractivity contribution in [1.29, 1.82) is 0 Å². The molecule has 2 aromatic carbocycles. The normalized spacial score (nSPS) is 12.6. The van der Waals surface area contributed by atoms with Crippen molar-refractivity contribution in [2.24, 2.45) is 9.98 Å². The minimum atomic E-state index is -0.101. The minimum Gasteiger partial charge on any atom is -0.262 e. The fraction of sp³-hybridized carbons (Fsp3) is 0.360. The third kappa shape index (κ3) is 4.42. The molecule has 29 heavy (non-hydrogen) atoms. The van der Waals surface area contributed by atoms with Crippen LogP contribution in [0.5, 0.6) is 0 Å². The molecule has 150 valence electrons. The number of aromatic nitrogens is 2. The van der Waals surface area contributed by atoms with Crippen LogP contribution in [-0.2, 0) is 17.3 Å². The molecule has 0 spiro atoms. The number of aliphatic imine (C=N–C) groups is 2. The number of rotatable bonds is 5. The van der Waals surface area contributed by atoms with E-state index in [0.29, 0.717) is 0 Å². The van der Waals surface area contributed by atoms with Gasteiger partial charge in [0.25, 0.3) is 0 Å². The molecule has 0 aliphatic heterocycles. The fourth-order valence-electron chi connectivity index (χ4n) is 3.54. The van der Waals surface area contributed by atoms with Gasteiger partial charge in [0.1, 0.15) is 0 Å². The number of nitrogens with zero attached hydrogens (tertiary/aromatic N) is 4. The maximum atomic E-state index is 4.60. The highest BCUT2D eigenvalue weighted by Gasteiger charge is 2.24. The summed E-state index contributed by atoms with van der Waals surface area (Å²) in [7, 11) is 0. The van der Waals surface area contributed by atoms with E-state index in [1.807, 2.05) is 13.0 Å². The van der Waals surface area contributed by atoms with Gasteiger partial charge in [-0.3, -0.25) is 9.98 Å². The van der Waals surface area contributed by atoms with E-state index in [2.05, 4.69) is 97.9 Å². The molecule has 0 atom stereocenters. The molecule has 0 saturated carbocycles. The summed E-state index contributed by atoms with van der Waals surface area (Å²) in [6.45, 7) is 16.5. The van der Waals surface area contributed by atoms with Crippen LogP contribution >= 0.6 is 0 Å². The molecular formula is C25H30N4. The molecule has 0 bridgehead atoms. The average Bonchev–Trinajstić information content (AvgIpc) is 2.67. The molecule has 0 saturated heterocycles. The molecule has 4 heteroatoms. The molecule has 0 radical (unpaired) electrons. The van der Waals surface area contributed by atoms with Gasteiger partial charge in [0, 0.05) is 17.0 Å². The highest BCUT2D eigenvalue weighted by molar-refractivity contribution is 5.82. The SMILES string of the molecule is C=Nc1ccc(C(C)(C)Cc2cccc3cc(C(C)(C)C)nnc23)cc1N=CC. The molecule has 0 fully saturated rings. The molecule has 0 N–H and O–H groups in total. The maximum absolute atomic E-state index is 4.60. The van der Waals surface area contributed by atoms with E-state index in [9.17, 15) is 0 Å². The second kappa shape index (κ2) is 7.86. The molecular weight excluding hydrogens is 356 g/mol. The Morgan fingerprint density at radius 3 is 2.38 bits per heavy atom. The monoisotopic (exact) mass is 386 g/mol. The molecule has 1 aromatic heterocycles. The quantitative estimate of drug-likeness (QED) is 0.470. The summed E-state index contributed by atoms with van der Waals surface area (Å²) >= 11 is 0. The Hall–Kier alpha value is -2.88. The van der Waals surface area contributed by atoms with Gasteiger partial charge in [-0.1, -0.05) is 58.9 Å². The lowest BCUT2D eigenvalue weighted by Gasteiger charge is -2.26. The van der Waals surface area contributed by atoms with Crippen LogP contribution in [0.3, 0.4) is 0 Å². The minimum absolute atomic E-state index is 0.0202. The van der Waals surface area contributed by atoms with E-state index < -0.39 is 0 Å². The van der Waals surface area contributed by atoms with Gasteiger partial charge < -0.3 is 0 Å². The Balaban J connectivity index is 2.01. The third-order valence-corrected chi connectivity index (χ3v) is 5.30. The Bertz CT molecular complexity index is 1070. The van der Waals surface area contributed by atoms with Crippen molar-refractivity contribution in [2.75, 3.05) is 0 Å². The predicted octanol–water partition coefficient (Wildman–Crippen LogP) is 6.50. The van der Waals surface area contributed by atoms with Crippen LogP contribution in [0.1, 0.15) is 58.4 Å². The van der Waals surface area contributed by atoms with E-state index in [1.165, 1.54) is 11.1 Å². The Kier molecular flexibility index (Phi) is 5.65. The van der Waals surface area contributed by atoms with Crippen LogP contribution in [0.25, 0.3) is 10.9 Å². The van der Waals surface area contributed by atoms with Gasteiger partial charge in [0.05, 0.1) is 22.6 Å². The second-order valence-electron chi connectivity index (χ2n) is 9.14. The van der Waals surface area contributed by atoms with Crippen LogP contribution in [0.2, 0.25) is 0 Å². The number of hydrogen-bond acceptors (Lipinski definition) is 4. The van der Waals surface area contributed by atoms with E-state index in [4.69, 9.17) is 0 Å². The van der Waals surface area contributed by atoms with Gasteiger partial charge >= 0.3 is 0 Å². The highest BCUT2D eigenvalue weighted by atomic mass is 15.1. The molecule has 0 aliphatic carbocycles. The van der Waals surface area contributed by atoms with Crippen molar-refractivity contribution in [2.45, 2.75) is 58.8 Å². The van der Waals surface area contributed by atoms with Crippen LogP contribution in [0.4, 0.5) is 11.4 Å². The van der Waals surface area contributed by atoms with Gasteiger partial charge in [0.2, 0.25) is 0 Å². The van der Waals surface area contributed by atoms with Gasteiger partial charge in [-0.15, -0.1) is 5.10 Å². The summed E-state index contributed by atoms with van der Waals surface area (Å²) in [6.07, 6.45) is 2.64. The van der Waals surface area contributed by atoms with Gasteiger partial charge in [0.15, 0.2) is 0 Å². The first-order valence-electron chi connectivity index (χ1n) is 10.0. The first kappa shape index (κ1) is 20.8. The van der Waals surface area contributed by atoms with Crippen LogP contribution in [-0.4, -0.2) is 23.1 Å². The summed E-state index contributed by atoms with van der Waals surface area (Å²) in [4.78, 5) is 8.54. The van der Waals surface area contributed by atoms with Crippen molar-refractivity contribution in [1.82, 2.24) is 10.2 Å². The van der Waals surface area contributed by atoms with Crippen molar-refractivity contribution < 1.29 is 0 Å². The van der Waals surface area contributed by atoms with Crippen LogP contribution in [0.15, 0.2) is 52.4 Å². The molecule has 3 aromatic rings. The first-order valence-corrected chi connectivity index (χ1v) is 10.0. The van der Waals surface area contributed by atoms with Crippen molar-refractivity contribution >= 4 is 35.2 Å². The first-order chi connectivity index (χ1) is 13.7. The van der Waals surface area contributed by atoms with Crippen molar-refractivity contribution in [3.63, 3.8) is 0 Å². The largest absolute Gasteiger partial charge is 0.262 e. The van der Waals surface area contributed by atoms with Gasteiger partial charge in [-0.2, -0.15) is 5.10 Å². The number of benzene rings is 2. The maximum Gasteiger partial charge on any atom is 0.0962 e. The zero-order chi connectivity index (χ0) is 21.2. The smallest absolute Gasteiger partial charge is 0.0962 e. The predicted molar refractivity (Wildman–Crippen MR) is 124 cm³/mol. The molecule has 0 amide bonds. The summed E-state index contributed by atoms with van der Waals surface area (Å²) in [5.41, 5.74) is 5.92. The molecule has 0 unspecified atom stereocenters. The number of fused-ring (bicyclic) bond motifs is 1. The Labute approximate surface area is 173 Å². The zero-order valence-corrected chi connectivity index (χ0v) is 18.3. The van der Waals surface area contributed by atoms with Crippen LogP contribution < -0.4 is 0 Å².